The lowest BCUT2D eigenvalue weighted by atomic mass is 9.78. The number of carbonyl (C=O) groups excluding carboxylic acids is 2. The number of hydrogen-bond acceptors (Lipinski definition) is 12. The second-order valence-electron chi connectivity index (χ2n) is 9.07. The highest BCUT2D eigenvalue weighted by atomic mass is 32.2. The number of carbonyl (C=O) groups is 2. The van der Waals surface area contributed by atoms with Gasteiger partial charge in [0.15, 0.2) is 10.1 Å². The predicted molar refractivity (Wildman–Crippen MR) is 156 cm³/mol. The van der Waals surface area contributed by atoms with Crippen molar-refractivity contribution in [3.05, 3.63) is 62.8 Å². The first kappa shape index (κ1) is 27.7. The molecule has 3 heterocycles. The molecule has 1 aliphatic heterocycles. The maximum Gasteiger partial charge on any atom is 0.234 e. The molecule has 5 rings (SSSR count). The highest BCUT2D eigenvalue weighted by molar-refractivity contribution is 8.01. The molecule has 1 atom stereocenters. The number of allylic oxidation sites excluding steroid dienone is 3. The number of Topliss-reactive ketones (excluding diaryl/α,β-unsaturated/α-hetero) is 1. The normalized spacial score (nSPS) is 17.0. The molecular weight excluding hydrogens is 569 g/mol. The number of thioether (sulfide) groups is 1. The second kappa shape index (κ2) is 11.7. The summed E-state index contributed by atoms with van der Waals surface area (Å²) in [5, 5.41) is 24.0. The monoisotopic (exact) mass is 594 g/mol. The van der Waals surface area contributed by atoms with Gasteiger partial charge in [-0.15, -0.1) is 21.5 Å². The van der Waals surface area contributed by atoms with E-state index in [0.29, 0.717) is 57.1 Å². The van der Waals surface area contributed by atoms with Crippen LogP contribution >= 0.6 is 34.4 Å². The van der Waals surface area contributed by atoms with Gasteiger partial charge in [0.25, 0.3) is 0 Å². The zero-order valence-electron chi connectivity index (χ0n) is 22.0. The van der Waals surface area contributed by atoms with E-state index in [1.807, 2.05) is 18.4 Å². The van der Waals surface area contributed by atoms with Gasteiger partial charge in [-0.3, -0.25) is 14.5 Å². The number of amides is 1. The smallest absolute Gasteiger partial charge is 0.234 e. The summed E-state index contributed by atoms with van der Waals surface area (Å²) >= 11 is 4.01. The molecule has 40 heavy (non-hydrogen) atoms. The number of ketones is 1. The number of thiophene rings is 1. The Morgan fingerprint density at radius 2 is 2.00 bits per heavy atom. The van der Waals surface area contributed by atoms with Gasteiger partial charge in [-0.1, -0.05) is 23.1 Å². The lowest BCUT2D eigenvalue weighted by molar-refractivity contribution is -0.116. The molecule has 2 aromatic heterocycles. The van der Waals surface area contributed by atoms with Gasteiger partial charge in [0, 0.05) is 46.5 Å². The molecule has 2 aliphatic rings. The van der Waals surface area contributed by atoms with Crippen LogP contribution in [0.5, 0.6) is 11.5 Å². The fourth-order valence-electron chi connectivity index (χ4n) is 4.80. The van der Waals surface area contributed by atoms with Crippen LogP contribution in [-0.4, -0.2) is 41.9 Å². The second-order valence-corrected chi connectivity index (χ2v) is 12.2. The molecule has 3 N–H and O–H groups in total. The van der Waals surface area contributed by atoms with Crippen LogP contribution in [0.15, 0.2) is 56.6 Å². The largest absolute Gasteiger partial charge is 0.497 e. The molecule has 13 heteroatoms. The Hall–Kier alpha value is -3.86. The van der Waals surface area contributed by atoms with Crippen LogP contribution in [0.25, 0.3) is 0 Å². The van der Waals surface area contributed by atoms with Crippen LogP contribution < -0.4 is 25.4 Å². The molecular formula is C27H26N6O4S3. The summed E-state index contributed by atoms with van der Waals surface area (Å²) in [7, 11) is 3.08. The number of aryl methyl sites for hydroxylation is 1. The maximum atomic E-state index is 13.3. The Morgan fingerprint density at radius 1 is 1.25 bits per heavy atom. The zero-order chi connectivity index (χ0) is 28.4. The number of benzene rings is 1. The zero-order valence-corrected chi connectivity index (χ0v) is 24.5. The standard InChI is InChI=1S/C27H26N6O4S3/c1-14-7-8-38-24(14)22-18(12-28)25(29)33(19-5-4-6-20(34)23(19)22)26-31-32-27(40-26)39-13-21(35)30-15-9-16(36-2)11-17(10-15)37-3/h7-11,22H,4-6,13,29H2,1-3H3,(H,30,35). The topological polar surface area (TPSA) is 143 Å². The number of nitriles is 1. The molecule has 1 aromatic carbocycles. The quantitative estimate of drug-likeness (QED) is 0.343. The van der Waals surface area contributed by atoms with Crippen molar-refractivity contribution in [1.82, 2.24) is 10.2 Å². The van der Waals surface area contributed by atoms with E-state index in [9.17, 15) is 14.9 Å². The lowest BCUT2D eigenvalue weighted by Crippen LogP contribution is -2.38. The van der Waals surface area contributed by atoms with Crippen LogP contribution in [0.1, 0.15) is 35.6 Å². The van der Waals surface area contributed by atoms with Crippen LogP contribution in [0.2, 0.25) is 0 Å². The Morgan fingerprint density at radius 3 is 2.65 bits per heavy atom. The van der Waals surface area contributed by atoms with E-state index < -0.39 is 5.92 Å². The minimum Gasteiger partial charge on any atom is -0.497 e. The van der Waals surface area contributed by atoms with Crippen molar-refractivity contribution in [2.75, 3.05) is 30.2 Å². The average Bonchev–Trinajstić information content (AvgIpc) is 3.59. The molecule has 0 saturated heterocycles. The third-order valence-corrected chi connectivity index (χ3v) is 9.75. The molecule has 0 spiro atoms. The van der Waals surface area contributed by atoms with Gasteiger partial charge in [0.05, 0.1) is 37.5 Å². The molecule has 1 amide bonds. The highest BCUT2D eigenvalue weighted by Gasteiger charge is 2.42. The van der Waals surface area contributed by atoms with E-state index in [4.69, 9.17) is 15.2 Å². The number of nitrogens with one attached hydrogen (secondary N) is 1. The van der Waals surface area contributed by atoms with E-state index in [1.54, 1.807) is 37.3 Å². The van der Waals surface area contributed by atoms with Crippen molar-refractivity contribution in [1.29, 1.82) is 5.26 Å². The Balaban J connectivity index is 1.38. The number of anilines is 2. The molecule has 3 aromatic rings. The molecule has 1 unspecified atom stereocenters. The first-order chi connectivity index (χ1) is 19.3. The number of methoxy groups -OCH3 is 2. The number of aromatic nitrogens is 2. The first-order valence-electron chi connectivity index (χ1n) is 12.3. The molecule has 206 valence electrons. The number of hydrogen-bond donors (Lipinski definition) is 2. The summed E-state index contributed by atoms with van der Waals surface area (Å²) in [6, 6.07) is 9.38. The maximum absolute atomic E-state index is 13.3. The Kier molecular flexibility index (Phi) is 8.11. The minimum absolute atomic E-state index is 0.0225. The van der Waals surface area contributed by atoms with Gasteiger partial charge in [-0.05, 0) is 36.8 Å². The minimum atomic E-state index is -0.482. The Labute approximate surface area is 243 Å². The first-order valence-corrected chi connectivity index (χ1v) is 15.0. The van der Waals surface area contributed by atoms with E-state index in [-0.39, 0.29) is 23.3 Å². The van der Waals surface area contributed by atoms with Crippen molar-refractivity contribution in [3.8, 4) is 17.6 Å². The predicted octanol–water partition coefficient (Wildman–Crippen LogP) is 4.96. The van der Waals surface area contributed by atoms with Crippen molar-refractivity contribution in [2.45, 2.75) is 36.4 Å². The van der Waals surface area contributed by atoms with Gasteiger partial charge >= 0.3 is 0 Å². The van der Waals surface area contributed by atoms with E-state index in [1.165, 1.54) is 34.4 Å². The summed E-state index contributed by atoms with van der Waals surface area (Å²) in [6.45, 7) is 1.98. The van der Waals surface area contributed by atoms with Gasteiger partial charge in [-0.2, -0.15) is 5.26 Å². The lowest BCUT2D eigenvalue weighted by Gasteiger charge is -2.37. The number of ether oxygens (including phenoxy) is 2. The molecule has 0 fully saturated rings. The fraction of sp³-hybridized carbons (Fsp3) is 0.296. The van der Waals surface area contributed by atoms with E-state index in [0.717, 1.165) is 16.1 Å². The van der Waals surface area contributed by atoms with Crippen molar-refractivity contribution < 1.29 is 19.1 Å². The summed E-state index contributed by atoms with van der Waals surface area (Å²) in [6.07, 6.45) is 1.75. The molecule has 10 nitrogen and oxygen atoms in total. The number of nitrogens with zero attached hydrogens (tertiary/aromatic N) is 4. The van der Waals surface area contributed by atoms with Gasteiger partial charge < -0.3 is 20.5 Å². The van der Waals surface area contributed by atoms with E-state index >= 15 is 0 Å². The summed E-state index contributed by atoms with van der Waals surface area (Å²) < 4.78 is 11.1. The van der Waals surface area contributed by atoms with Gasteiger partial charge in [-0.25, -0.2) is 0 Å². The van der Waals surface area contributed by atoms with Crippen LogP contribution in [0.3, 0.4) is 0 Å². The third-order valence-electron chi connectivity index (χ3n) is 6.63. The van der Waals surface area contributed by atoms with E-state index in [2.05, 4.69) is 21.6 Å². The van der Waals surface area contributed by atoms with Crippen LogP contribution in [0.4, 0.5) is 10.8 Å². The Bertz CT molecular complexity index is 1560. The van der Waals surface area contributed by atoms with Crippen molar-refractivity contribution >= 4 is 56.9 Å². The summed E-state index contributed by atoms with van der Waals surface area (Å²) in [5.74, 6) is 0.774. The van der Waals surface area contributed by atoms with Gasteiger partial charge in [0.1, 0.15) is 17.3 Å². The number of rotatable bonds is 8. The van der Waals surface area contributed by atoms with Crippen LogP contribution in [0, 0.1) is 18.3 Å². The third kappa shape index (κ3) is 5.30. The van der Waals surface area contributed by atoms with Crippen molar-refractivity contribution in [3.63, 3.8) is 0 Å². The van der Waals surface area contributed by atoms with Crippen LogP contribution in [-0.2, 0) is 9.59 Å². The summed E-state index contributed by atoms with van der Waals surface area (Å²) in [5.41, 5.74) is 9.90. The fourth-order valence-corrected chi connectivity index (χ4v) is 7.53. The molecule has 0 bridgehead atoms. The van der Waals surface area contributed by atoms with Gasteiger partial charge in [0.2, 0.25) is 11.0 Å². The molecule has 0 radical (unpaired) electrons. The summed E-state index contributed by atoms with van der Waals surface area (Å²) in [4.78, 5) is 28.6. The SMILES string of the molecule is COc1cc(NC(=O)CSc2nnc(N3C(N)=C(C#N)C(c4sccc4C)C4=C3CCCC4=O)s2)cc(OC)c1. The van der Waals surface area contributed by atoms with Crippen molar-refractivity contribution in [2.24, 2.45) is 5.73 Å². The molecule has 0 saturated carbocycles. The molecule has 1 aliphatic carbocycles. The average molecular weight is 595 g/mol. The number of nitrogens with two attached hydrogens (primary N) is 1. The highest BCUT2D eigenvalue weighted by Crippen LogP contribution is 2.48.